The molecule has 0 radical (unpaired) electrons. The lowest BCUT2D eigenvalue weighted by Crippen LogP contribution is -2.32. The predicted octanol–water partition coefficient (Wildman–Crippen LogP) is 1.29. The molecule has 1 aromatic heterocycles. The van der Waals surface area contributed by atoms with Crippen LogP contribution in [0.5, 0.6) is 0 Å². The molecule has 1 fully saturated rings. The summed E-state index contributed by atoms with van der Waals surface area (Å²) in [5.41, 5.74) is 0. The van der Waals surface area contributed by atoms with E-state index in [0.29, 0.717) is 5.82 Å². The standard InChI is InChI=1S/C13H20N4O2/c1-9-14-11(16(2)3)8-12(15-9)17-6-4-5-10(17)7-13(18)19/h8,10H,4-7H2,1-3H3,(H,18,19). The normalized spacial score (nSPS) is 18.7. The summed E-state index contributed by atoms with van der Waals surface area (Å²) in [6.07, 6.45) is 2.09. The van der Waals surface area contributed by atoms with E-state index in [-0.39, 0.29) is 12.5 Å². The summed E-state index contributed by atoms with van der Waals surface area (Å²) >= 11 is 0. The number of hydrogen-bond donors (Lipinski definition) is 1. The van der Waals surface area contributed by atoms with Crippen molar-refractivity contribution in [3.63, 3.8) is 0 Å². The van der Waals surface area contributed by atoms with Crippen LogP contribution in [0.2, 0.25) is 0 Å². The second-order valence-corrected chi connectivity index (χ2v) is 5.11. The summed E-state index contributed by atoms with van der Waals surface area (Å²) in [4.78, 5) is 23.7. The monoisotopic (exact) mass is 264 g/mol. The van der Waals surface area contributed by atoms with Gasteiger partial charge in [0.05, 0.1) is 6.42 Å². The van der Waals surface area contributed by atoms with Gasteiger partial charge in [0.25, 0.3) is 0 Å². The molecule has 1 atom stereocenters. The highest BCUT2D eigenvalue weighted by Gasteiger charge is 2.28. The molecule has 0 saturated carbocycles. The fourth-order valence-corrected chi connectivity index (χ4v) is 2.46. The zero-order valence-electron chi connectivity index (χ0n) is 11.6. The zero-order chi connectivity index (χ0) is 14.0. The number of nitrogens with zero attached hydrogens (tertiary/aromatic N) is 4. The lowest BCUT2D eigenvalue weighted by Gasteiger charge is -2.25. The Balaban J connectivity index is 2.27. The maximum absolute atomic E-state index is 10.9. The SMILES string of the molecule is Cc1nc(N(C)C)cc(N2CCCC2CC(=O)O)n1. The summed E-state index contributed by atoms with van der Waals surface area (Å²) in [5.74, 6) is 1.64. The van der Waals surface area contributed by atoms with Crippen molar-refractivity contribution >= 4 is 17.6 Å². The van der Waals surface area contributed by atoms with Gasteiger partial charge in [-0.1, -0.05) is 0 Å². The molecule has 1 N–H and O–H groups in total. The topological polar surface area (TPSA) is 69.6 Å². The van der Waals surface area contributed by atoms with Crippen molar-refractivity contribution in [3.8, 4) is 0 Å². The van der Waals surface area contributed by atoms with E-state index in [1.807, 2.05) is 32.0 Å². The summed E-state index contributed by atoms with van der Waals surface area (Å²) in [5, 5.41) is 8.97. The fraction of sp³-hybridized carbons (Fsp3) is 0.615. The minimum Gasteiger partial charge on any atom is -0.481 e. The number of hydrogen-bond acceptors (Lipinski definition) is 5. The van der Waals surface area contributed by atoms with Gasteiger partial charge in [0.1, 0.15) is 17.5 Å². The molecule has 1 unspecified atom stereocenters. The van der Waals surface area contributed by atoms with Crippen molar-refractivity contribution in [2.24, 2.45) is 0 Å². The molecule has 1 saturated heterocycles. The van der Waals surface area contributed by atoms with Gasteiger partial charge in [-0.3, -0.25) is 4.79 Å². The molecule has 2 heterocycles. The van der Waals surface area contributed by atoms with Gasteiger partial charge in [0.15, 0.2) is 0 Å². The third-order valence-corrected chi connectivity index (χ3v) is 3.35. The molecule has 0 bridgehead atoms. The quantitative estimate of drug-likeness (QED) is 0.884. The Hall–Kier alpha value is -1.85. The third kappa shape index (κ3) is 3.13. The lowest BCUT2D eigenvalue weighted by atomic mass is 10.1. The second kappa shape index (κ2) is 5.42. The molecule has 1 aliphatic rings. The van der Waals surface area contributed by atoms with Crippen LogP contribution in [0, 0.1) is 6.92 Å². The zero-order valence-corrected chi connectivity index (χ0v) is 11.6. The highest BCUT2D eigenvalue weighted by atomic mass is 16.4. The number of carboxylic acids is 1. The van der Waals surface area contributed by atoms with E-state index in [1.54, 1.807) is 0 Å². The van der Waals surface area contributed by atoms with Gasteiger partial charge >= 0.3 is 5.97 Å². The molecule has 2 rings (SSSR count). The van der Waals surface area contributed by atoms with E-state index < -0.39 is 5.97 Å². The van der Waals surface area contributed by atoms with Gasteiger partial charge in [-0.25, -0.2) is 9.97 Å². The molecule has 0 amide bonds. The first kappa shape index (κ1) is 13.6. The van der Waals surface area contributed by atoms with Crippen LogP contribution in [-0.2, 0) is 4.79 Å². The summed E-state index contributed by atoms with van der Waals surface area (Å²) in [6.45, 7) is 2.72. The number of carboxylic acid groups (broad SMARTS) is 1. The first-order valence-corrected chi connectivity index (χ1v) is 6.49. The Morgan fingerprint density at radius 3 is 2.89 bits per heavy atom. The van der Waals surface area contributed by atoms with Crippen molar-refractivity contribution in [3.05, 3.63) is 11.9 Å². The minimum absolute atomic E-state index is 0.0433. The Morgan fingerprint density at radius 1 is 1.53 bits per heavy atom. The maximum Gasteiger partial charge on any atom is 0.305 e. The van der Waals surface area contributed by atoms with Gasteiger partial charge in [0, 0.05) is 32.7 Å². The van der Waals surface area contributed by atoms with Crippen LogP contribution in [-0.4, -0.2) is 47.7 Å². The molecule has 104 valence electrons. The van der Waals surface area contributed by atoms with Gasteiger partial charge in [-0.2, -0.15) is 0 Å². The first-order chi connectivity index (χ1) is 8.97. The van der Waals surface area contributed by atoms with Gasteiger partial charge in [-0.15, -0.1) is 0 Å². The van der Waals surface area contributed by atoms with Crippen LogP contribution in [0.1, 0.15) is 25.1 Å². The van der Waals surface area contributed by atoms with Gasteiger partial charge in [0.2, 0.25) is 0 Å². The van der Waals surface area contributed by atoms with E-state index in [4.69, 9.17) is 5.11 Å². The molecule has 1 aliphatic heterocycles. The van der Waals surface area contributed by atoms with E-state index in [0.717, 1.165) is 31.0 Å². The molecule has 0 aliphatic carbocycles. The highest BCUT2D eigenvalue weighted by molar-refractivity contribution is 5.68. The van der Waals surface area contributed by atoms with E-state index in [2.05, 4.69) is 14.9 Å². The molecular formula is C13H20N4O2. The van der Waals surface area contributed by atoms with E-state index >= 15 is 0 Å². The van der Waals surface area contributed by atoms with Crippen LogP contribution in [0.4, 0.5) is 11.6 Å². The fourth-order valence-electron chi connectivity index (χ4n) is 2.46. The minimum atomic E-state index is -0.754. The van der Waals surface area contributed by atoms with Crippen molar-refractivity contribution in [1.29, 1.82) is 0 Å². The van der Waals surface area contributed by atoms with Crippen molar-refractivity contribution in [2.45, 2.75) is 32.2 Å². The summed E-state index contributed by atoms with van der Waals surface area (Å²) < 4.78 is 0. The van der Waals surface area contributed by atoms with E-state index in [9.17, 15) is 4.79 Å². The molecule has 19 heavy (non-hydrogen) atoms. The largest absolute Gasteiger partial charge is 0.481 e. The van der Waals surface area contributed by atoms with Crippen LogP contribution in [0.15, 0.2) is 6.07 Å². The molecule has 6 nitrogen and oxygen atoms in total. The average Bonchev–Trinajstić information content (AvgIpc) is 2.75. The smallest absolute Gasteiger partial charge is 0.305 e. The number of aromatic nitrogens is 2. The number of carbonyl (C=O) groups is 1. The Morgan fingerprint density at radius 2 is 2.26 bits per heavy atom. The van der Waals surface area contributed by atoms with Crippen molar-refractivity contribution in [2.75, 3.05) is 30.4 Å². The second-order valence-electron chi connectivity index (χ2n) is 5.11. The number of aliphatic carboxylic acids is 1. The Labute approximate surface area is 113 Å². The maximum atomic E-state index is 10.9. The van der Waals surface area contributed by atoms with Crippen LogP contribution in [0.25, 0.3) is 0 Å². The predicted molar refractivity (Wildman–Crippen MR) is 73.7 cm³/mol. The lowest BCUT2D eigenvalue weighted by molar-refractivity contribution is -0.137. The molecular weight excluding hydrogens is 244 g/mol. The molecule has 6 heteroatoms. The van der Waals surface area contributed by atoms with Crippen molar-refractivity contribution in [1.82, 2.24) is 9.97 Å². The Bertz CT molecular complexity index is 476. The van der Waals surface area contributed by atoms with Crippen molar-refractivity contribution < 1.29 is 9.90 Å². The van der Waals surface area contributed by atoms with Gasteiger partial charge in [-0.05, 0) is 19.8 Å². The van der Waals surface area contributed by atoms with Gasteiger partial charge < -0.3 is 14.9 Å². The molecule has 0 aromatic carbocycles. The summed E-state index contributed by atoms with van der Waals surface area (Å²) in [7, 11) is 3.87. The van der Waals surface area contributed by atoms with Crippen LogP contribution < -0.4 is 9.80 Å². The van der Waals surface area contributed by atoms with E-state index in [1.165, 1.54) is 0 Å². The van der Waals surface area contributed by atoms with Crippen LogP contribution in [0.3, 0.4) is 0 Å². The Kier molecular flexibility index (Phi) is 3.87. The third-order valence-electron chi connectivity index (χ3n) is 3.35. The molecule has 0 spiro atoms. The molecule has 1 aromatic rings. The summed E-state index contributed by atoms with van der Waals surface area (Å²) in [6, 6.07) is 1.97. The van der Waals surface area contributed by atoms with Crippen LogP contribution >= 0.6 is 0 Å². The number of aryl methyl sites for hydroxylation is 1. The first-order valence-electron chi connectivity index (χ1n) is 6.49. The highest BCUT2D eigenvalue weighted by Crippen LogP contribution is 2.27. The number of rotatable bonds is 4. The number of anilines is 2. The average molecular weight is 264 g/mol.